The van der Waals surface area contributed by atoms with Gasteiger partial charge in [0.05, 0.1) is 33.5 Å². The number of phosphoric acid groups is 3. The molecule has 364 valence electrons. The number of carbonyl (C=O) groups excluding carboxylic acids is 3. The molecule has 2 unspecified atom stereocenters. The lowest BCUT2D eigenvalue weighted by Gasteiger charge is -2.36. The molecule has 3 heterocycles. The van der Waals surface area contributed by atoms with E-state index < -0.39 is 90.7 Å². The Morgan fingerprint density at radius 1 is 1.00 bits per heavy atom. The smallest absolute Gasteiger partial charge is 0.274 e. The van der Waals surface area contributed by atoms with Crippen LogP contribution in [0.3, 0.4) is 0 Å². The minimum atomic E-state index is -5.93. The van der Waals surface area contributed by atoms with Gasteiger partial charge in [0.1, 0.15) is 36.3 Å². The van der Waals surface area contributed by atoms with E-state index >= 15 is 0 Å². The standard InChI is InChI=1S/C35H60N7O18P3S/c1-4-5-6-7-8-9-10-11-12-13-23(43)18-26(45)64-17-16-37-25(44)14-15-38-33(48)30(47)35(2,3)20-57-63(54,55)60-62(52,53)56-19-24-29(59-61(49,50)51)28(46)34(58-24)42-22-41-27-31(36)39-21-40-32(27)42/h11-12,21-24,28-30,34,43,46-47H,4-10,13-20H2,1-3H3,(H,37,44)(H,38,48)(H,52,53)(H,54,55)(H2,36,39,40)(H2,49,50,51)/p-4/b12-11-/t23-,24+,28+,29+,30-,34+/m0/s1. The van der Waals surface area contributed by atoms with E-state index in [1.807, 2.05) is 12.2 Å². The number of unbranched alkanes of at least 4 members (excludes halogenated alkanes) is 6. The zero-order valence-corrected chi connectivity index (χ0v) is 39.0. The molecule has 29 heteroatoms. The van der Waals surface area contributed by atoms with Gasteiger partial charge in [0.25, 0.3) is 15.6 Å². The fourth-order valence-corrected chi connectivity index (χ4v) is 9.50. The van der Waals surface area contributed by atoms with Crippen molar-refractivity contribution in [3.05, 3.63) is 24.8 Å². The van der Waals surface area contributed by atoms with Crippen LogP contribution in [0, 0.1) is 5.41 Å². The van der Waals surface area contributed by atoms with Gasteiger partial charge >= 0.3 is 0 Å². The molecular formula is C35H56N7O18P3S-4. The molecule has 7 N–H and O–H groups in total. The van der Waals surface area contributed by atoms with Crippen molar-refractivity contribution in [3.8, 4) is 0 Å². The number of rotatable bonds is 30. The van der Waals surface area contributed by atoms with E-state index in [1.165, 1.54) is 46.0 Å². The Morgan fingerprint density at radius 2 is 1.69 bits per heavy atom. The molecule has 64 heavy (non-hydrogen) atoms. The summed E-state index contributed by atoms with van der Waals surface area (Å²) in [6.07, 6.45) is 3.85. The Balaban J connectivity index is 1.37. The Kier molecular flexibility index (Phi) is 22.6. The summed E-state index contributed by atoms with van der Waals surface area (Å²) in [5, 5.41) is 36.2. The first-order valence-electron chi connectivity index (χ1n) is 20.3. The SMILES string of the molecule is CCCCCCCC/C=C\C[C@H](O)CC(=O)SCCNC(=O)CCNC(=O)[C@H](O)C(C)(C)COP(=O)([O-])OP(=O)([O-])OC[C@H]1O[C@@H](n2cnc3c(N)ncnc32)[C@H](O)[C@@H]1OP(=O)([O-])[O-]. The summed E-state index contributed by atoms with van der Waals surface area (Å²) in [5.41, 5.74) is 4.05. The van der Waals surface area contributed by atoms with Gasteiger partial charge in [-0.2, -0.15) is 0 Å². The number of imidazole rings is 1. The van der Waals surface area contributed by atoms with Crippen LogP contribution >= 0.6 is 35.2 Å². The van der Waals surface area contributed by atoms with Crippen LogP contribution in [0.1, 0.15) is 91.2 Å². The molecule has 1 fully saturated rings. The number of phosphoric ester groups is 3. The van der Waals surface area contributed by atoms with E-state index in [-0.39, 0.29) is 53.8 Å². The van der Waals surface area contributed by atoms with Gasteiger partial charge in [0.2, 0.25) is 11.8 Å². The van der Waals surface area contributed by atoms with Gasteiger partial charge in [-0.15, -0.1) is 0 Å². The van der Waals surface area contributed by atoms with E-state index in [4.69, 9.17) is 10.5 Å². The van der Waals surface area contributed by atoms with Gasteiger partial charge in [-0.1, -0.05) is 76.8 Å². The third kappa shape index (κ3) is 19.2. The second-order valence-corrected chi connectivity index (χ2v) is 20.5. The van der Waals surface area contributed by atoms with Crippen molar-refractivity contribution in [3.63, 3.8) is 0 Å². The van der Waals surface area contributed by atoms with Crippen molar-refractivity contribution in [2.75, 3.05) is 37.8 Å². The predicted molar refractivity (Wildman–Crippen MR) is 221 cm³/mol. The number of nitrogens with zero attached hydrogens (tertiary/aromatic N) is 4. The number of amides is 2. The van der Waals surface area contributed by atoms with Crippen molar-refractivity contribution in [2.45, 2.75) is 122 Å². The number of ether oxygens (including phenoxy) is 1. The summed E-state index contributed by atoms with van der Waals surface area (Å²) in [4.78, 5) is 96.6. The molecule has 25 nitrogen and oxygen atoms in total. The van der Waals surface area contributed by atoms with E-state index in [0.717, 1.165) is 41.8 Å². The minimum Gasteiger partial charge on any atom is -0.790 e. The minimum absolute atomic E-state index is 0.0253. The number of aliphatic hydroxyl groups is 3. The summed E-state index contributed by atoms with van der Waals surface area (Å²) in [6, 6.07) is 0. The number of fused-ring (bicyclic) bond motifs is 1. The first-order valence-corrected chi connectivity index (χ1v) is 25.6. The molecule has 0 radical (unpaired) electrons. The maximum absolute atomic E-state index is 12.6. The predicted octanol–water partition coefficient (Wildman–Crippen LogP) is -0.415. The molecule has 2 amide bonds. The molecule has 1 aliphatic rings. The number of nitrogens with one attached hydrogen (secondary N) is 2. The number of aromatic nitrogens is 4. The van der Waals surface area contributed by atoms with Crippen molar-refractivity contribution >= 4 is 69.1 Å². The maximum atomic E-state index is 12.6. The van der Waals surface area contributed by atoms with Crippen LogP contribution in [0.25, 0.3) is 11.2 Å². The molecule has 2 aromatic heterocycles. The van der Waals surface area contributed by atoms with Crippen molar-refractivity contribution in [1.82, 2.24) is 30.2 Å². The molecule has 0 bridgehead atoms. The van der Waals surface area contributed by atoms with Gasteiger partial charge in [-0.25, -0.2) is 19.3 Å². The highest BCUT2D eigenvalue weighted by molar-refractivity contribution is 8.13. The fraction of sp³-hybridized carbons (Fsp3) is 0.714. The zero-order chi connectivity index (χ0) is 47.7. The Morgan fingerprint density at radius 3 is 2.39 bits per heavy atom. The third-order valence-corrected chi connectivity index (χ3v) is 13.4. The van der Waals surface area contributed by atoms with Crippen LogP contribution < -0.4 is 35.9 Å². The number of allylic oxidation sites excluding steroid dienone is 1. The third-order valence-electron chi connectivity index (χ3n) is 9.44. The van der Waals surface area contributed by atoms with Gasteiger partial charge in [0.15, 0.2) is 22.8 Å². The highest BCUT2D eigenvalue weighted by atomic mass is 32.2. The van der Waals surface area contributed by atoms with Crippen LogP contribution in [0.2, 0.25) is 0 Å². The van der Waals surface area contributed by atoms with Crippen molar-refractivity contribution in [1.29, 1.82) is 0 Å². The van der Waals surface area contributed by atoms with Crippen LogP contribution in [0.5, 0.6) is 0 Å². The van der Waals surface area contributed by atoms with Crippen molar-refractivity contribution in [2.24, 2.45) is 5.41 Å². The summed E-state index contributed by atoms with van der Waals surface area (Å²) in [6.45, 7) is 2.14. The topological polar surface area (TPSA) is 395 Å². The molecule has 1 saturated heterocycles. The lowest BCUT2D eigenvalue weighted by Crippen LogP contribution is -2.46. The first kappa shape index (κ1) is 55.6. The maximum Gasteiger partial charge on any atom is 0.274 e. The summed E-state index contributed by atoms with van der Waals surface area (Å²) in [7, 11) is -17.6. The average Bonchev–Trinajstić information content (AvgIpc) is 3.76. The highest BCUT2D eigenvalue weighted by Crippen LogP contribution is 2.56. The van der Waals surface area contributed by atoms with Gasteiger partial charge in [-0.05, 0) is 19.3 Å². The number of carbonyl (C=O) groups is 3. The molecule has 2 aromatic rings. The Bertz CT molecular complexity index is 2010. The summed E-state index contributed by atoms with van der Waals surface area (Å²) >= 11 is 0.959. The monoisotopic (exact) mass is 987 g/mol. The number of aliphatic hydroxyl groups excluding tert-OH is 3. The number of anilines is 1. The fourth-order valence-electron chi connectivity index (χ4n) is 6.02. The van der Waals surface area contributed by atoms with Crippen LogP contribution in [-0.4, -0.2) is 114 Å². The van der Waals surface area contributed by atoms with E-state index in [0.29, 0.717) is 6.42 Å². The molecule has 0 saturated carbocycles. The van der Waals surface area contributed by atoms with E-state index in [9.17, 15) is 63.0 Å². The molecule has 3 rings (SSSR count). The van der Waals surface area contributed by atoms with Crippen LogP contribution in [0.4, 0.5) is 5.82 Å². The quantitative estimate of drug-likeness (QED) is 0.0329. The zero-order valence-electron chi connectivity index (χ0n) is 35.5. The number of hydrogen-bond acceptors (Lipinski definition) is 23. The molecule has 0 aliphatic carbocycles. The lowest BCUT2D eigenvalue weighted by molar-refractivity contribution is -0.347. The Hall–Kier alpha value is -2.74. The van der Waals surface area contributed by atoms with E-state index in [2.05, 4.69) is 50.4 Å². The van der Waals surface area contributed by atoms with Gasteiger partial charge in [0, 0.05) is 37.1 Å². The number of thioether (sulfide) groups is 1. The number of nitrogen functional groups attached to an aromatic ring is 1. The number of nitrogens with two attached hydrogens (primary N) is 1. The molecule has 0 spiro atoms. The largest absolute Gasteiger partial charge is 0.790 e. The normalized spacial score (nSPS) is 21.1. The lowest BCUT2D eigenvalue weighted by atomic mass is 9.87. The van der Waals surface area contributed by atoms with Crippen LogP contribution in [0.15, 0.2) is 24.8 Å². The van der Waals surface area contributed by atoms with Crippen LogP contribution in [-0.2, 0) is 50.7 Å². The summed E-state index contributed by atoms with van der Waals surface area (Å²) < 4.78 is 60.7. The van der Waals surface area contributed by atoms with Gasteiger partial charge < -0.3 is 74.1 Å². The van der Waals surface area contributed by atoms with Crippen molar-refractivity contribution < 1.29 is 85.6 Å². The Labute approximate surface area is 373 Å². The molecular weight excluding hydrogens is 931 g/mol. The summed E-state index contributed by atoms with van der Waals surface area (Å²) in [5.74, 6) is -1.36. The molecule has 8 atom stereocenters. The van der Waals surface area contributed by atoms with E-state index in [1.54, 1.807) is 0 Å². The molecule has 1 aliphatic heterocycles. The second-order valence-electron chi connectivity index (χ2n) is 15.3. The average molecular weight is 988 g/mol. The first-order chi connectivity index (χ1) is 29.9. The highest BCUT2D eigenvalue weighted by Gasteiger charge is 2.47. The van der Waals surface area contributed by atoms with Gasteiger partial charge in [-0.3, -0.25) is 28.1 Å². The molecule has 0 aromatic carbocycles. The second kappa shape index (κ2) is 26.0. The number of hydrogen-bond donors (Lipinski definition) is 6.